The van der Waals surface area contributed by atoms with Gasteiger partial charge in [0.1, 0.15) is 6.29 Å². The van der Waals surface area contributed by atoms with Gasteiger partial charge < -0.3 is 4.79 Å². The van der Waals surface area contributed by atoms with Gasteiger partial charge in [0.05, 0.1) is 5.69 Å². The van der Waals surface area contributed by atoms with Crippen molar-refractivity contribution in [2.75, 3.05) is 0 Å². The molecule has 1 aromatic carbocycles. The average Bonchev–Trinajstić information content (AvgIpc) is 2.45. The molecule has 3 heteroatoms. The number of hydrogen-bond donors (Lipinski definition) is 0. The first kappa shape index (κ1) is 13.1. The monoisotopic (exact) mass is 253 g/mol. The molecule has 0 atom stereocenters. The number of aryl methyl sites for hydroxylation is 1. The van der Waals surface area contributed by atoms with Crippen LogP contribution in [0.5, 0.6) is 0 Å². The van der Waals surface area contributed by atoms with Crippen molar-refractivity contribution in [3.05, 3.63) is 53.7 Å². The summed E-state index contributed by atoms with van der Waals surface area (Å²) in [7, 11) is 0. The van der Waals surface area contributed by atoms with E-state index < -0.39 is 0 Å². The van der Waals surface area contributed by atoms with Crippen molar-refractivity contribution < 1.29 is 9.59 Å². The maximum absolute atomic E-state index is 11.2. The standard InChI is InChI=1S/C16H15NO2/c1-12(19)13-7-9-14(10-8-13)16-6-2-4-15(17-16)5-3-11-18/h2,4,6-11H,3,5H2,1H3. The second kappa shape index (κ2) is 6.05. The third-order valence-corrected chi connectivity index (χ3v) is 2.91. The quantitative estimate of drug-likeness (QED) is 0.607. The molecule has 0 unspecified atom stereocenters. The summed E-state index contributed by atoms with van der Waals surface area (Å²) < 4.78 is 0. The summed E-state index contributed by atoms with van der Waals surface area (Å²) in [6.45, 7) is 1.55. The van der Waals surface area contributed by atoms with E-state index in [1.54, 1.807) is 19.1 Å². The van der Waals surface area contributed by atoms with Crippen LogP contribution in [-0.4, -0.2) is 17.1 Å². The lowest BCUT2D eigenvalue weighted by molar-refractivity contribution is -0.107. The zero-order chi connectivity index (χ0) is 13.7. The highest BCUT2D eigenvalue weighted by Crippen LogP contribution is 2.18. The summed E-state index contributed by atoms with van der Waals surface area (Å²) >= 11 is 0. The molecular weight excluding hydrogens is 238 g/mol. The minimum atomic E-state index is 0.0549. The van der Waals surface area contributed by atoms with Crippen LogP contribution in [0.1, 0.15) is 29.4 Å². The van der Waals surface area contributed by atoms with Crippen molar-refractivity contribution in [1.29, 1.82) is 0 Å². The van der Waals surface area contributed by atoms with Crippen LogP contribution in [0.25, 0.3) is 11.3 Å². The van der Waals surface area contributed by atoms with Crippen LogP contribution in [0.2, 0.25) is 0 Å². The number of aldehydes is 1. The number of ketones is 1. The van der Waals surface area contributed by atoms with Crippen LogP contribution in [0, 0.1) is 0 Å². The molecule has 0 aliphatic rings. The van der Waals surface area contributed by atoms with Crippen LogP contribution >= 0.6 is 0 Å². The molecule has 2 aromatic rings. The highest BCUT2D eigenvalue weighted by atomic mass is 16.1. The van der Waals surface area contributed by atoms with Crippen molar-refractivity contribution in [2.24, 2.45) is 0 Å². The Labute approximate surface area is 112 Å². The molecule has 0 aliphatic heterocycles. The molecule has 0 N–H and O–H groups in total. The summed E-state index contributed by atoms with van der Waals surface area (Å²) in [6.07, 6.45) is 2.04. The molecule has 0 fully saturated rings. The fraction of sp³-hybridized carbons (Fsp3) is 0.188. The van der Waals surface area contributed by atoms with Gasteiger partial charge in [-0.15, -0.1) is 0 Å². The Balaban J connectivity index is 2.25. The van der Waals surface area contributed by atoms with Crippen molar-refractivity contribution in [1.82, 2.24) is 4.98 Å². The Hall–Kier alpha value is -2.29. The largest absolute Gasteiger partial charge is 0.303 e. The summed E-state index contributed by atoms with van der Waals surface area (Å²) in [6, 6.07) is 13.2. The predicted octanol–water partition coefficient (Wildman–Crippen LogP) is 3.08. The molecule has 0 saturated heterocycles. The summed E-state index contributed by atoms with van der Waals surface area (Å²) in [5.41, 5.74) is 3.43. The summed E-state index contributed by atoms with van der Waals surface area (Å²) in [4.78, 5) is 26.1. The number of carbonyl (C=O) groups is 2. The third-order valence-electron chi connectivity index (χ3n) is 2.91. The van der Waals surface area contributed by atoms with Gasteiger partial charge in [-0.2, -0.15) is 0 Å². The summed E-state index contributed by atoms with van der Waals surface area (Å²) in [5, 5.41) is 0. The van der Waals surface area contributed by atoms with Crippen LogP contribution in [0.3, 0.4) is 0 Å². The van der Waals surface area contributed by atoms with Crippen molar-refractivity contribution in [3.8, 4) is 11.3 Å². The normalized spacial score (nSPS) is 10.2. The Bertz CT molecular complexity index is 588. The maximum atomic E-state index is 11.2. The van der Waals surface area contributed by atoms with E-state index in [2.05, 4.69) is 4.98 Å². The van der Waals surface area contributed by atoms with Crippen LogP contribution < -0.4 is 0 Å². The molecule has 96 valence electrons. The number of aromatic nitrogens is 1. The second-order valence-corrected chi connectivity index (χ2v) is 4.35. The average molecular weight is 253 g/mol. The van der Waals surface area contributed by atoms with E-state index in [-0.39, 0.29) is 5.78 Å². The molecule has 0 radical (unpaired) electrons. The van der Waals surface area contributed by atoms with E-state index in [1.165, 1.54) is 0 Å². The Kier molecular flexibility index (Phi) is 4.18. The molecule has 0 saturated carbocycles. The van der Waals surface area contributed by atoms with Gasteiger partial charge >= 0.3 is 0 Å². The SMILES string of the molecule is CC(=O)c1ccc(-c2cccc(CCC=O)n2)cc1. The van der Waals surface area contributed by atoms with E-state index in [0.29, 0.717) is 18.4 Å². The molecule has 3 nitrogen and oxygen atoms in total. The molecule has 19 heavy (non-hydrogen) atoms. The Morgan fingerprint density at radius 3 is 2.53 bits per heavy atom. The molecule has 0 bridgehead atoms. The zero-order valence-corrected chi connectivity index (χ0v) is 10.8. The molecule has 1 heterocycles. The molecule has 0 amide bonds. The topological polar surface area (TPSA) is 47.0 Å². The van der Waals surface area contributed by atoms with Gasteiger partial charge in [0.2, 0.25) is 0 Å². The number of pyridine rings is 1. The minimum absolute atomic E-state index is 0.0549. The van der Waals surface area contributed by atoms with Gasteiger partial charge in [0.15, 0.2) is 5.78 Å². The van der Waals surface area contributed by atoms with E-state index in [1.807, 2.05) is 30.3 Å². The zero-order valence-electron chi connectivity index (χ0n) is 10.8. The predicted molar refractivity (Wildman–Crippen MR) is 74.1 cm³/mol. The molecule has 0 spiro atoms. The van der Waals surface area contributed by atoms with Gasteiger partial charge in [0.25, 0.3) is 0 Å². The molecule has 1 aromatic heterocycles. The maximum Gasteiger partial charge on any atom is 0.159 e. The summed E-state index contributed by atoms with van der Waals surface area (Å²) in [5.74, 6) is 0.0549. The van der Waals surface area contributed by atoms with Gasteiger partial charge in [0, 0.05) is 23.2 Å². The lowest BCUT2D eigenvalue weighted by atomic mass is 10.1. The number of Topliss-reactive ketones (excluding diaryl/α,β-unsaturated/α-hetero) is 1. The number of benzene rings is 1. The van der Waals surface area contributed by atoms with Crippen LogP contribution in [0.4, 0.5) is 0 Å². The molecule has 0 aliphatic carbocycles. The smallest absolute Gasteiger partial charge is 0.159 e. The first-order valence-corrected chi connectivity index (χ1v) is 6.21. The van der Waals surface area contributed by atoms with Gasteiger partial charge in [-0.05, 0) is 25.5 Å². The van der Waals surface area contributed by atoms with Crippen LogP contribution in [0.15, 0.2) is 42.5 Å². The van der Waals surface area contributed by atoms with Gasteiger partial charge in [-0.3, -0.25) is 9.78 Å². The van der Waals surface area contributed by atoms with E-state index in [9.17, 15) is 9.59 Å². The molecule has 2 rings (SSSR count). The number of hydrogen-bond acceptors (Lipinski definition) is 3. The third kappa shape index (κ3) is 3.35. The molecular formula is C16H15NO2. The fourth-order valence-corrected chi connectivity index (χ4v) is 1.86. The number of nitrogens with zero attached hydrogens (tertiary/aromatic N) is 1. The highest BCUT2D eigenvalue weighted by molar-refractivity contribution is 5.94. The first-order chi connectivity index (χ1) is 9.20. The van der Waals surface area contributed by atoms with E-state index in [0.717, 1.165) is 23.2 Å². The first-order valence-electron chi connectivity index (χ1n) is 6.21. The van der Waals surface area contributed by atoms with Crippen LogP contribution in [-0.2, 0) is 11.2 Å². The minimum Gasteiger partial charge on any atom is -0.303 e. The van der Waals surface area contributed by atoms with E-state index in [4.69, 9.17) is 0 Å². The second-order valence-electron chi connectivity index (χ2n) is 4.35. The fourth-order valence-electron chi connectivity index (χ4n) is 1.86. The number of rotatable bonds is 5. The Morgan fingerprint density at radius 1 is 1.16 bits per heavy atom. The lowest BCUT2D eigenvalue weighted by Gasteiger charge is -2.04. The van der Waals surface area contributed by atoms with Crippen molar-refractivity contribution >= 4 is 12.1 Å². The lowest BCUT2D eigenvalue weighted by Crippen LogP contribution is -1.94. The van der Waals surface area contributed by atoms with E-state index >= 15 is 0 Å². The van der Waals surface area contributed by atoms with Gasteiger partial charge in [-0.25, -0.2) is 0 Å². The van der Waals surface area contributed by atoms with Crippen molar-refractivity contribution in [2.45, 2.75) is 19.8 Å². The van der Waals surface area contributed by atoms with Gasteiger partial charge in [-0.1, -0.05) is 30.3 Å². The highest BCUT2D eigenvalue weighted by Gasteiger charge is 2.03. The Morgan fingerprint density at radius 2 is 1.89 bits per heavy atom. The number of carbonyl (C=O) groups excluding carboxylic acids is 2. The van der Waals surface area contributed by atoms with Crippen molar-refractivity contribution in [3.63, 3.8) is 0 Å².